The Bertz CT molecular complexity index is 196. The Balaban J connectivity index is 1.55. The molecule has 4 fully saturated rings. The minimum absolute atomic E-state index is 0.337. The molecule has 0 aromatic heterocycles. The molecule has 1 N–H and O–H groups in total. The van der Waals surface area contributed by atoms with E-state index in [1.165, 1.54) is 45.3 Å². The van der Waals surface area contributed by atoms with Crippen molar-refractivity contribution in [3.8, 4) is 0 Å². The molecule has 0 spiro atoms. The highest BCUT2D eigenvalue weighted by Gasteiger charge is 2.46. The first kappa shape index (κ1) is 8.25. The first-order chi connectivity index (χ1) is 6.30. The van der Waals surface area contributed by atoms with Gasteiger partial charge in [0.15, 0.2) is 0 Å². The normalized spacial score (nSPS) is 41.3. The third-order valence-corrected chi connectivity index (χ3v) is 4.22. The molecule has 74 valence electrons. The van der Waals surface area contributed by atoms with Gasteiger partial charge in [0.1, 0.15) is 0 Å². The summed E-state index contributed by atoms with van der Waals surface area (Å²) in [7, 11) is 0. The Hall–Kier alpha value is -0.0800. The van der Waals surface area contributed by atoms with E-state index in [0.717, 1.165) is 11.8 Å². The molecule has 0 unspecified atom stereocenters. The van der Waals surface area contributed by atoms with Crippen LogP contribution < -0.4 is 0 Å². The van der Waals surface area contributed by atoms with E-state index in [4.69, 9.17) is 0 Å². The number of piperidine rings is 2. The lowest BCUT2D eigenvalue weighted by atomic mass is 9.71. The van der Waals surface area contributed by atoms with Crippen molar-refractivity contribution in [2.75, 3.05) is 26.2 Å². The topological polar surface area (TPSA) is 23.5 Å². The van der Waals surface area contributed by atoms with Crippen molar-refractivity contribution in [2.24, 2.45) is 17.3 Å². The first-order valence-corrected chi connectivity index (χ1v) is 5.63. The number of aliphatic hydroxyl groups excluding tert-OH is 1. The van der Waals surface area contributed by atoms with Crippen LogP contribution in [-0.4, -0.2) is 36.2 Å². The highest BCUT2D eigenvalue weighted by Crippen LogP contribution is 2.48. The van der Waals surface area contributed by atoms with E-state index in [0.29, 0.717) is 12.0 Å². The lowest BCUT2D eigenvalue weighted by molar-refractivity contribution is 0.00895. The molecule has 4 rings (SSSR count). The van der Waals surface area contributed by atoms with Crippen molar-refractivity contribution in [1.82, 2.24) is 4.90 Å². The smallest absolute Gasteiger partial charge is 0.0499 e. The van der Waals surface area contributed by atoms with Gasteiger partial charge in [0.05, 0.1) is 0 Å². The molecular weight excluding hydrogens is 162 g/mol. The van der Waals surface area contributed by atoms with Crippen molar-refractivity contribution in [2.45, 2.75) is 25.7 Å². The molecule has 13 heavy (non-hydrogen) atoms. The molecule has 2 heteroatoms. The van der Waals surface area contributed by atoms with Gasteiger partial charge in [-0.3, -0.25) is 0 Å². The maximum atomic E-state index is 9.24. The van der Waals surface area contributed by atoms with Crippen LogP contribution in [0.3, 0.4) is 0 Å². The van der Waals surface area contributed by atoms with E-state index < -0.39 is 0 Å². The number of nitrogens with zero attached hydrogens (tertiary/aromatic N) is 1. The Kier molecular flexibility index (Phi) is 1.72. The molecule has 2 heterocycles. The van der Waals surface area contributed by atoms with Gasteiger partial charge < -0.3 is 10.0 Å². The maximum absolute atomic E-state index is 9.24. The predicted octanol–water partition coefficient (Wildman–Crippen LogP) is 1.10. The van der Waals surface area contributed by atoms with Gasteiger partial charge in [0.25, 0.3) is 0 Å². The van der Waals surface area contributed by atoms with Crippen molar-refractivity contribution in [3.05, 3.63) is 0 Å². The van der Waals surface area contributed by atoms with Crippen molar-refractivity contribution in [3.63, 3.8) is 0 Å². The van der Waals surface area contributed by atoms with Crippen molar-refractivity contribution >= 4 is 0 Å². The Morgan fingerprint density at radius 3 is 2.23 bits per heavy atom. The Morgan fingerprint density at radius 2 is 1.77 bits per heavy atom. The van der Waals surface area contributed by atoms with Gasteiger partial charge in [0, 0.05) is 31.7 Å². The highest BCUT2D eigenvalue weighted by atomic mass is 16.3. The monoisotopic (exact) mass is 181 g/mol. The summed E-state index contributed by atoms with van der Waals surface area (Å²) in [6.45, 7) is 4.23. The van der Waals surface area contributed by atoms with Crippen LogP contribution in [-0.2, 0) is 0 Å². The minimum atomic E-state index is 0.337. The standard InChI is InChI=1S/C11H19NO/c13-8-11(1-2-11)7-12-5-9-3-10(4-9)6-12/h9-10,13H,1-8H2. The SMILES string of the molecule is OCC1(CN2CC3CC(C3)C2)CC1. The molecule has 4 aliphatic rings. The molecule has 2 saturated heterocycles. The quantitative estimate of drug-likeness (QED) is 0.705. The molecule has 0 atom stereocenters. The second-order valence-corrected chi connectivity index (χ2v) is 5.56. The Labute approximate surface area is 79.9 Å². The summed E-state index contributed by atoms with van der Waals surface area (Å²) >= 11 is 0. The van der Waals surface area contributed by atoms with Crippen LogP contribution in [0.5, 0.6) is 0 Å². The van der Waals surface area contributed by atoms with Crippen molar-refractivity contribution in [1.29, 1.82) is 0 Å². The van der Waals surface area contributed by atoms with Crippen LogP contribution in [0.15, 0.2) is 0 Å². The average molecular weight is 181 g/mol. The minimum Gasteiger partial charge on any atom is -0.396 e. The molecule has 2 aliphatic carbocycles. The molecule has 2 bridgehead atoms. The van der Waals surface area contributed by atoms with E-state index in [9.17, 15) is 5.11 Å². The molecule has 0 aromatic carbocycles. The van der Waals surface area contributed by atoms with E-state index in [2.05, 4.69) is 4.90 Å². The lowest BCUT2D eigenvalue weighted by Crippen LogP contribution is -2.50. The van der Waals surface area contributed by atoms with Gasteiger partial charge in [-0.2, -0.15) is 0 Å². The fourth-order valence-electron chi connectivity index (χ4n) is 3.12. The second-order valence-electron chi connectivity index (χ2n) is 5.56. The molecule has 0 aromatic rings. The van der Waals surface area contributed by atoms with Gasteiger partial charge in [-0.05, 0) is 37.5 Å². The van der Waals surface area contributed by atoms with Gasteiger partial charge in [-0.25, -0.2) is 0 Å². The summed E-state index contributed by atoms with van der Waals surface area (Å²) in [5.41, 5.74) is 0.337. The number of fused-ring (bicyclic) bond motifs is 2. The molecule has 2 nitrogen and oxygen atoms in total. The van der Waals surface area contributed by atoms with Crippen LogP contribution in [0.2, 0.25) is 0 Å². The van der Waals surface area contributed by atoms with Crippen molar-refractivity contribution < 1.29 is 5.11 Å². The fourth-order valence-corrected chi connectivity index (χ4v) is 3.12. The van der Waals surface area contributed by atoms with Crippen LogP contribution >= 0.6 is 0 Å². The van der Waals surface area contributed by atoms with Gasteiger partial charge in [-0.1, -0.05) is 0 Å². The van der Waals surface area contributed by atoms with E-state index in [1.807, 2.05) is 0 Å². The zero-order valence-electron chi connectivity index (χ0n) is 8.21. The number of hydrogen-bond acceptors (Lipinski definition) is 2. The fraction of sp³-hybridized carbons (Fsp3) is 1.00. The van der Waals surface area contributed by atoms with Gasteiger partial charge in [0.2, 0.25) is 0 Å². The predicted molar refractivity (Wildman–Crippen MR) is 51.4 cm³/mol. The Morgan fingerprint density at radius 1 is 1.15 bits per heavy atom. The zero-order valence-corrected chi connectivity index (χ0v) is 8.21. The number of aliphatic hydroxyl groups is 1. The summed E-state index contributed by atoms with van der Waals surface area (Å²) in [5.74, 6) is 2.02. The zero-order chi connectivity index (χ0) is 8.89. The third-order valence-electron chi connectivity index (χ3n) is 4.22. The van der Waals surface area contributed by atoms with Crippen LogP contribution in [0.1, 0.15) is 25.7 Å². The molecule has 2 aliphatic heterocycles. The summed E-state index contributed by atoms with van der Waals surface area (Å²) < 4.78 is 0. The first-order valence-electron chi connectivity index (χ1n) is 5.63. The number of hydrogen-bond donors (Lipinski definition) is 1. The summed E-state index contributed by atoms with van der Waals surface area (Å²) in [4.78, 5) is 2.60. The average Bonchev–Trinajstić information content (AvgIpc) is 2.84. The second kappa shape index (κ2) is 2.71. The third kappa shape index (κ3) is 1.40. The van der Waals surface area contributed by atoms with Crippen LogP contribution in [0.25, 0.3) is 0 Å². The molecular formula is C11H19NO. The van der Waals surface area contributed by atoms with Crippen LogP contribution in [0, 0.1) is 17.3 Å². The highest BCUT2D eigenvalue weighted by molar-refractivity contribution is 4.98. The van der Waals surface area contributed by atoms with E-state index in [-0.39, 0.29) is 0 Å². The lowest BCUT2D eigenvalue weighted by Gasteiger charge is -2.48. The number of rotatable bonds is 3. The van der Waals surface area contributed by atoms with E-state index in [1.54, 1.807) is 0 Å². The summed E-state index contributed by atoms with van der Waals surface area (Å²) in [6.07, 6.45) is 5.50. The largest absolute Gasteiger partial charge is 0.396 e. The van der Waals surface area contributed by atoms with Gasteiger partial charge >= 0.3 is 0 Å². The summed E-state index contributed by atoms with van der Waals surface area (Å²) in [5, 5.41) is 9.24. The van der Waals surface area contributed by atoms with Gasteiger partial charge in [-0.15, -0.1) is 0 Å². The molecule has 0 radical (unpaired) electrons. The van der Waals surface area contributed by atoms with Crippen LogP contribution in [0.4, 0.5) is 0 Å². The molecule has 2 saturated carbocycles. The summed E-state index contributed by atoms with van der Waals surface area (Å²) in [6, 6.07) is 0. The maximum Gasteiger partial charge on any atom is 0.0499 e. The van der Waals surface area contributed by atoms with E-state index >= 15 is 0 Å². The molecule has 0 amide bonds.